The summed E-state index contributed by atoms with van der Waals surface area (Å²) in [4.78, 5) is 32.5. The number of pyridine rings is 2. The van der Waals surface area contributed by atoms with Crippen LogP contribution < -0.4 is 35.5 Å². The van der Waals surface area contributed by atoms with Gasteiger partial charge < -0.3 is 35.5 Å². The molecule has 2 aliphatic heterocycles. The lowest BCUT2D eigenvalue weighted by atomic mass is 9.94. The Balaban J connectivity index is 1.07. The Hall–Kier alpha value is -4.93. The first kappa shape index (κ1) is 37.4. The highest BCUT2D eigenvalue weighted by Crippen LogP contribution is 2.44. The molecule has 54 heavy (non-hydrogen) atoms. The Morgan fingerprint density at radius 3 is 2.19 bits per heavy atom. The third kappa shape index (κ3) is 8.40. The molecule has 1 aliphatic carbocycles. The number of carbonyl (C=O) groups is 2. The Bertz CT molecular complexity index is 2090. The first-order valence-electron chi connectivity index (χ1n) is 18.1. The number of nitriles is 1. The molecule has 280 valence electrons. The molecule has 4 aromatic rings. The van der Waals surface area contributed by atoms with Gasteiger partial charge in [0.25, 0.3) is 0 Å². The van der Waals surface area contributed by atoms with E-state index in [0.29, 0.717) is 72.6 Å². The number of nitrogens with one attached hydrogen (secondary N) is 4. The molecule has 0 radical (unpaired) electrons. The first-order valence-corrected chi connectivity index (χ1v) is 18.9. The molecular formula is C40H41Cl2N7O5. The van der Waals surface area contributed by atoms with Crippen molar-refractivity contribution in [2.45, 2.75) is 69.8 Å². The number of halogens is 2. The van der Waals surface area contributed by atoms with Gasteiger partial charge in [0, 0.05) is 73.4 Å². The van der Waals surface area contributed by atoms with E-state index in [0.717, 1.165) is 52.6 Å². The summed E-state index contributed by atoms with van der Waals surface area (Å²) in [6.45, 7) is 2.02. The summed E-state index contributed by atoms with van der Waals surface area (Å²) in [5.41, 5.74) is 7.11. The Morgan fingerprint density at radius 2 is 1.50 bits per heavy atom. The van der Waals surface area contributed by atoms with Gasteiger partial charge in [0.2, 0.25) is 29.5 Å². The number of hydrogen-bond donors (Lipinski definition) is 4. The lowest BCUT2D eigenvalue weighted by molar-refractivity contribution is -0.120. The van der Waals surface area contributed by atoms with Gasteiger partial charge >= 0.3 is 0 Å². The number of hydrogen-bond acceptors (Lipinski definition) is 10. The molecule has 12 nitrogen and oxygen atoms in total. The van der Waals surface area contributed by atoms with Gasteiger partial charge in [-0.15, -0.1) is 0 Å². The van der Waals surface area contributed by atoms with Gasteiger partial charge in [-0.05, 0) is 54.5 Å². The van der Waals surface area contributed by atoms with E-state index in [4.69, 9.17) is 42.4 Å². The minimum Gasteiger partial charge on any atom is -0.481 e. The normalized spacial score (nSPS) is 18.9. The summed E-state index contributed by atoms with van der Waals surface area (Å²) < 4.78 is 17.8. The molecule has 4 heterocycles. The van der Waals surface area contributed by atoms with Gasteiger partial charge in [0.15, 0.2) is 6.61 Å². The molecule has 2 aromatic carbocycles. The van der Waals surface area contributed by atoms with Crippen LogP contribution in [0, 0.1) is 11.3 Å². The van der Waals surface area contributed by atoms with E-state index in [1.165, 1.54) is 0 Å². The van der Waals surface area contributed by atoms with Crippen LogP contribution in [0.25, 0.3) is 22.4 Å². The number of amides is 2. The monoisotopic (exact) mass is 769 g/mol. The summed E-state index contributed by atoms with van der Waals surface area (Å²) in [6.07, 6.45) is 3.84. The molecule has 0 saturated carbocycles. The standard InChI is InChI=1S/C40H41Cl2N7O5/c1-52-38-23(19-44-21-25-9-14-35(50)46-25)8-12-33(48-38)31-7-3-6-30(37(31)42)27-4-2-5-29-28(27)11-13-34(29)54-40-32(41)18-24(39(49-40)53-17-16-43)20-45-22-26-10-15-36(51)47-26/h2-8,12,18,25-26,34,44-45H,9-11,13-15,17,19-22H2,1H3,(H,46,50)(H,47,51)/t25-,26-,34-/m0/s1. The molecule has 2 fully saturated rings. The third-order valence-corrected chi connectivity index (χ3v) is 10.7. The predicted octanol–water partition coefficient (Wildman–Crippen LogP) is 5.83. The maximum absolute atomic E-state index is 11.6. The van der Waals surface area contributed by atoms with Crippen molar-refractivity contribution in [2.75, 3.05) is 26.8 Å². The van der Waals surface area contributed by atoms with Crippen LogP contribution >= 0.6 is 23.2 Å². The number of carbonyl (C=O) groups excluding carboxylic acids is 2. The van der Waals surface area contributed by atoms with Gasteiger partial charge in [-0.1, -0.05) is 65.7 Å². The largest absolute Gasteiger partial charge is 0.481 e. The van der Waals surface area contributed by atoms with Crippen LogP contribution in [0.15, 0.2) is 54.6 Å². The topological polar surface area (TPSA) is 160 Å². The SMILES string of the molecule is COc1nc(-c2cccc(-c3cccc4c3CC[C@@H]4Oc3nc(OCC#N)c(CNC[C@@H]4CCC(=O)N4)cc3Cl)c2Cl)ccc1CNC[C@@H]1CCC(=O)N1. The van der Waals surface area contributed by atoms with E-state index < -0.39 is 0 Å². The number of aromatic nitrogens is 2. The fourth-order valence-corrected chi connectivity index (χ4v) is 7.89. The molecule has 0 bridgehead atoms. The highest BCUT2D eigenvalue weighted by atomic mass is 35.5. The number of nitrogens with zero attached hydrogens (tertiary/aromatic N) is 3. The number of ether oxygens (including phenoxy) is 3. The van der Waals surface area contributed by atoms with Gasteiger partial charge in [-0.25, -0.2) is 4.98 Å². The fourth-order valence-electron chi connectivity index (χ4n) is 7.35. The molecule has 7 rings (SSSR count). The van der Waals surface area contributed by atoms with Crippen molar-refractivity contribution in [1.82, 2.24) is 31.2 Å². The molecule has 14 heteroatoms. The van der Waals surface area contributed by atoms with Crippen LogP contribution in [0.3, 0.4) is 0 Å². The van der Waals surface area contributed by atoms with Crippen molar-refractivity contribution in [3.8, 4) is 46.1 Å². The van der Waals surface area contributed by atoms with Crippen molar-refractivity contribution in [3.63, 3.8) is 0 Å². The second kappa shape index (κ2) is 17.0. The van der Waals surface area contributed by atoms with Crippen LogP contribution in [0.5, 0.6) is 17.6 Å². The molecular weight excluding hydrogens is 729 g/mol. The molecule has 0 unspecified atom stereocenters. The number of rotatable bonds is 15. The van der Waals surface area contributed by atoms with Crippen LogP contribution in [0.1, 0.15) is 60.5 Å². The summed E-state index contributed by atoms with van der Waals surface area (Å²) in [7, 11) is 1.60. The molecule has 2 saturated heterocycles. The minimum atomic E-state index is -0.317. The summed E-state index contributed by atoms with van der Waals surface area (Å²) >= 11 is 13.9. The van der Waals surface area contributed by atoms with Crippen LogP contribution in [-0.4, -0.2) is 60.7 Å². The predicted molar refractivity (Wildman–Crippen MR) is 204 cm³/mol. The number of methoxy groups -OCH3 is 1. The van der Waals surface area contributed by atoms with Gasteiger partial charge in [0.1, 0.15) is 17.2 Å². The van der Waals surface area contributed by atoms with Crippen molar-refractivity contribution < 1.29 is 23.8 Å². The molecule has 0 spiro atoms. The second-order valence-electron chi connectivity index (χ2n) is 13.6. The van der Waals surface area contributed by atoms with Crippen LogP contribution in [0.2, 0.25) is 10.0 Å². The second-order valence-corrected chi connectivity index (χ2v) is 14.4. The first-order chi connectivity index (χ1) is 26.3. The Labute approximate surface area is 323 Å². The lowest BCUT2D eigenvalue weighted by Crippen LogP contribution is -2.35. The number of benzene rings is 2. The van der Waals surface area contributed by atoms with Gasteiger partial charge in [0.05, 0.1) is 17.8 Å². The summed E-state index contributed by atoms with van der Waals surface area (Å²) in [5.74, 6) is 1.15. The highest BCUT2D eigenvalue weighted by molar-refractivity contribution is 6.36. The van der Waals surface area contributed by atoms with Crippen molar-refractivity contribution in [3.05, 3.63) is 86.9 Å². The zero-order chi connectivity index (χ0) is 37.6. The molecule has 3 atom stereocenters. The maximum atomic E-state index is 11.6. The lowest BCUT2D eigenvalue weighted by Gasteiger charge is -2.19. The van der Waals surface area contributed by atoms with E-state index in [1.54, 1.807) is 13.2 Å². The van der Waals surface area contributed by atoms with Crippen molar-refractivity contribution >= 4 is 35.0 Å². The van der Waals surface area contributed by atoms with E-state index in [1.807, 2.05) is 42.5 Å². The van der Waals surface area contributed by atoms with Gasteiger partial charge in [-0.2, -0.15) is 10.2 Å². The van der Waals surface area contributed by atoms with E-state index in [9.17, 15) is 14.9 Å². The Kier molecular flexibility index (Phi) is 11.8. The summed E-state index contributed by atoms with van der Waals surface area (Å²) in [5, 5.41) is 22.8. The van der Waals surface area contributed by atoms with E-state index in [-0.39, 0.29) is 48.4 Å². The quantitative estimate of drug-likeness (QED) is 0.116. The number of fused-ring (bicyclic) bond motifs is 1. The van der Waals surface area contributed by atoms with E-state index in [2.05, 4.69) is 38.4 Å². The van der Waals surface area contributed by atoms with Gasteiger partial charge in [-0.3, -0.25) is 9.59 Å². The molecule has 2 amide bonds. The zero-order valence-electron chi connectivity index (χ0n) is 29.8. The molecule has 2 aromatic heterocycles. The minimum absolute atomic E-state index is 0.0570. The Morgan fingerprint density at radius 1 is 0.815 bits per heavy atom. The van der Waals surface area contributed by atoms with Crippen molar-refractivity contribution in [2.24, 2.45) is 0 Å². The fraction of sp³-hybridized carbons (Fsp3) is 0.375. The average molecular weight is 771 g/mol. The highest BCUT2D eigenvalue weighted by Gasteiger charge is 2.29. The zero-order valence-corrected chi connectivity index (χ0v) is 31.4. The van der Waals surface area contributed by atoms with Crippen LogP contribution in [-0.2, 0) is 29.1 Å². The van der Waals surface area contributed by atoms with E-state index >= 15 is 0 Å². The average Bonchev–Trinajstić information content (AvgIpc) is 3.91. The van der Waals surface area contributed by atoms with Crippen molar-refractivity contribution in [1.29, 1.82) is 5.26 Å². The molecule has 3 aliphatic rings. The smallest absolute Gasteiger partial charge is 0.236 e. The summed E-state index contributed by atoms with van der Waals surface area (Å²) in [6, 6.07) is 19.9. The third-order valence-electron chi connectivity index (χ3n) is 10.0. The maximum Gasteiger partial charge on any atom is 0.236 e. The molecule has 4 N–H and O–H groups in total. The van der Waals surface area contributed by atoms with Crippen LogP contribution in [0.4, 0.5) is 0 Å².